The van der Waals surface area contributed by atoms with Crippen molar-refractivity contribution < 1.29 is 4.74 Å². The van der Waals surface area contributed by atoms with E-state index in [0.29, 0.717) is 17.5 Å². The van der Waals surface area contributed by atoms with Gasteiger partial charge in [-0.3, -0.25) is 0 Å². The van der Waals surface area contributed by atoms with Gasteiger partial charge in [0.15, 0.2) is 17.5 Å². The number of ether oxygens (including phenoxy) is 1. The fourth-order valence-electron chi connectivity index (χ4n) is 5.75. The Balaban J connectivity index is 1.34. The van der Waals surface area contributed by atoms with Gasteiger partial charge in [-0.25, -0.2) is 15.0 Å². The summed E-state index contributed by atoms with van der Waals surface area (Å²) < 4.78 is 6.72. The van der Waals surface area contributed by atoms with Crippen molar-refractivity contribution in [1.29, 1.82) is 0 Å². The Morgan fingerprint density at radius 3 is 1.38 bits per heavy atom. The second kappa shape index (κ2) is 11.5. The molecule has 2 heterocycles. The molecule has 8 rings (SSSR count). The molecule has 6 aromatic carbocycles. The molecule has 0 spiro atoms. The van der Waals surface area contributed by atoms with E-state index in [4.69, 9.17) is 19.7 Å². The largest absolute Gasteiger partial charge is 0.456 e. The van der Waals surface area contributed by atoms with Crippen LogP contribution in [0.15, 0.2) is 152 Å². The molecule has 0 fully saturated rings. The third-order valence-corrected chi connectivity index (χ3v) is 7.99. The van der Waals surface area contributed by atoms with Crippen LogP contribution in [0.4, 0.5) is 0 Å². The maximum absolute atomic E-state index is 6.72. The molecule has 4 nitrogen and oxygen atoms in total. The van der Waals surface area contributed by atoms with Gasteiger partial charge in [0.05, 0.1) is 0 Å². The molecule has 0 saturated heterocycles. The number of benzene rings is 6. The number of nitrogens with zero attached hydrogens (tertiary/aromatic N) is 3. The third-order valence-electron chi connectivity index (χ3n) is 7.99. The van der Waals surface area contributed by atoms with Gasteiger partial charge in [0.1, 0.15) is 11.5 Å². The zero-order valence-corrected chi connectivity index (χ0v) is 24.3. The van der Waals surface area contributed by atoms with E-state index in [0.717, 1.165) is 61.6 Å². The minimum atomic E-state index is 0.609. The smallest absolute Gasteiger partial charge is 0.164 e. The summed E-state index contributed by atoms with van der Waals surface area (Å²) in [6.07, 6.45) is 4.36. The van der Waals surface area contributed by atoms with Gasteiger partial charge in [-0.15, -0.1) is 0 Å². The van der Waals surface area contributed by atoms with Crippen molar-refractivity contribution in [3.8, 4) is 67.9 Å². The summed E-state index contributed by atoms with van der Waals surface area (Å²) in [4.78, 5) is 14.8. The Morgan fingerprint density at radius 1 is 0.333 bits per heavy atom. The summed E-state index contributed by atoms with van der Waals surface area (Å²) >= 11 is 0. The molecule has 4 heteroatoms. The Hall–Kier alpha value is -6.13. The molecule has 1 aliphatic heterocycles. The van der Waals surface area contributed by atoms with Gasteiger partial charge in [-0.1, -0.05) is 146 Å². The van der Waals surface area contributed by atoms with Crippen molar-refractivity contribution in [2.24, 2.45) is 0 Å². The fourth-order valence-corrected chi connectivity index (χ4v) is 5.75. The molecule has 0 atom stereocenters. The first-order chi connectivity index (χ1) is 22.3. The predicted octanol–water partition coefficient (Wildman–Crippen LogP) is 10.5. The van der Waals surface area contributed by atoms with Crippen molar-refractivity contribution >= 4 is 12.2 Å². The number of fused-ring (bicyclic) bond motifs is 6. The van der Waals surface area contributed by atoms with Gasteiger partial charge in [0.2, 0.25) is 0 Å². The lowest BCUT2D eigenvalue weighted by atomic mass is 9.94. The molecule has 1 aromatic heterocycles. The minimum absolute atomic E-state index is 0.609. The minimum Gasteiger partial charge on any atom is -0.456 e. The zero-order valence-electron chi connectivity index (χ0n) is 24.3. The molecule has 0 unspecified atom stereocenters. The summed E-state index contributed by atoms with van der Waals surface area (Å²) in [7, 11) is 0. The SMILES string of the molecule is C1=Cc2ccc(-c3nc(-c4ccccc4)nc(-c4ccccc4)n3)cc2-c2ccccc2Oc2ccccc2-c2ccccc21. The average Bonchev–Trinajstić information content (AvgIpc) is 3.14. The highest BCUT2D eigenvalue weighted by Gasteiger charge is 2.18. The predicted molar refractivity (Wildman–Crippen MR) is 182 cm³/mol. The Morgan fingerprint density at radius 2 is 0.778 bits per heavy atom. The molecule has 1 aliphatic rings. The highest BCUT2D eigenvalue weighted by atomic mass is 16.5. The van der Waals surface area contributed by atoms with Gasteiger partial charge >= 0.3 is 0 Å². The third kappa shape index (κ3) is 5.19. The fraction of sp³-hybridized carbons (Fsp3) is 0. The van der Waals surface area contributed by atoms with Crippen molar-refractivity contribution in [1.82, 2.24) is 15.0 Å². The number of rotatable bonds is 3. The second-order valence-corrected chi connectivity index (χ2v) is 10.9. The molecule has 0 radical (unpaired) electrons. The highest BCUT2D eigenvalue weighted by molar-refractivity contribution is 5.90. The lowest BCUT2D eigenvalue weighted by Gasteiger charge is -2.16. The zero-order chi connectivity index (χ0) is 30.0. The molecule has 212 valence electrons. The molecule has 0 N–H and O–H groups in total. The molecule has 0 bridgehead atoms. The number of hydrogen-bond donors (Lipinski definition) is 0. The van der Waals surface area contributed by atoms with E-state index in [-0.39, 0.29) is 0 Å². The van der Waals surface area contributed by atoms with Crippen LogP contribution in [0.25, 0.3) is 68.6 Å². The molecule has 7 aromatic rings. The average molecular weight is 578 g/mol. The van der Waals surface area contributed by atoms with Gasteiger partial charge in [-0.05, 0) is 40.5 Å². The van der Waals surface area contributed by atoms with E-state index in [9.17, 15) is 0 Å². The van der Waals surface area contributed by atoms with Crippen molar-refractivity contribution in [2.45, 2.75) is 0 Å². The van der Waals surface area contributed by atoms with Crippen LogP contribution in [0.5, 0.6) is 11.5 Å². The number of para-hydroxylation sites is 2. The van der Waals surface area contributed by atoms with E-state index >= 15 is 0 Å². The normalized spacial score (nSPS) is 11.6. The van der Waals surface area contributed by atoms with Gasteiger partial charge in [0.25, 0.3) is 0 Å². The summed E-state index contributed by atoms with van der Waals surface area (Å²) in [6, 6.07) is 51.3. The summed E-state index contributed by atoms with van der Waals surface area (Å²) in [6.45, 7) is 0. The van der Waals surface area contributed by atoms with E-state index in [2.05, 4.69) is 72.8 Å². The Labute approximate surface area is 262 Å². The van der Waals surface area contributed by atoms with Crippen molar-refractivity contribution in [3.05, 3.63) is 163 Å². The lowest BCUT2D eigenvalue weighted by Crippen LogP contribution is -2.00. The second-order valence-electron chi connectivity index (χ2n) is 10.9. The number of aromatic nitrogens is 3. The first-order valence-corrected chi connectivity index (χ1v) is 15.0. The molecule has 0 amide bonds. The summed E-state index contributed by atoms with van der Waals surface area (Å²) in [5.74, 6) is 3.46. The van der Waals surface area contributed by atoms with Crippen LogP contribution < -0.4 is 4.74 Å². The van der Waals surface area contributed by atoms with Crippen LogP contribution >= 0.6 is 0 Å². The maximum Gasteiger partial charge on any atom is 0.164 e. The molecule has 0 aliphatic carbocycles. The lowest BCUT2D eigenvalue weighted by molar-refractivity contribution is 0.486. The van der Waals surface area contributed by atoms with Gasteiger partial charge in [0, 0.05) is 27.8 Å². The summed E-state index contributed by atoms with van der Waals surface area (Å²) in [5, 5.41) is 0. The first-order valence-electron chi connectivity index (χ1n) is 15.0. The van der Waals surface area contributed by atoms with E-state index < -0.39 is 0 Å². The van der Waals surface area contributed by atoms with E-state index in [1.54, 1.807) is 0 Å². The topological polar surface area (TPSA) is 47.9 Å². The molecular weight excluding hydrogens is 550 g/mol. The Kier molecular flexibility index (Phi) is 6.78. The van der Waals surface area contributed by atoms with Gasteiger partial charge in [-0.2, -0.15) is 0 Å². The molecular formula is C41H27N3O. The van der Waals surface area contributed by atoms with Crippen LogP contribution in [-0.2, 0) is 0 Å². The van der Waals surface area contributed by atoms with Crippen molar-refractivity contribution in [3.63, 3.8) is 0 Å². The maximum atomic E-state index is 6.72. The molecule has 45 heavy (non-hydrogen) atoms. The van der Waals surface area contributed by atoms with Crippen LogP contribution in [0.3, 0.4) is 0 Å². The highest BCUT2D eigenvalue weighted by Crippen LogP contribution is 2.42. The van der Waals surface area contributed by atoms with E-state index in [1.165, 1.54) is 0 Å². The van der Waals surface area contributed by atoms with Crippen LogP contribution in [-0.4, -0.2) is 15.0 Å². The van der Waals surface area contributed by atoms with Gasteiger partial charge < -0.3 is 4.74 Å². The molecule has 0 saturated carbocycles. The van der Waals surface area contributed by atoms with E-state index in [1.807, 2.05) is 91.0 Å². The standard InChI is InChI=1S/C41H27N3O/c1-3-14-30(15-4-1)39-42-40(31-16-5-2-6-17-31)44-41(43-39)32-26-25-29-24-23-28-13-7-8-18-33(28)34-19-9-11-21-37(34)45-38-22-12-10-20-35(38)36(29)27-32/h1-27H. The van der Waals surface area contributed by atoms with Crippen LogP contribution in [0.1, 0.15) is 11.1 Å². The summed E-state index contributed by atoms with van der Waals surface area (Å²) in [5.41, 5.74) is 9.13. The Bertz CT molecular complexity index is 2130. The van der Waals surface area contributed by atoms with Crippen LogP contribution in [0.2, 0.25) is 0 Å². The number of hydrogen-bond acceptors (Lipinski definition) is 4. The quantitative estimate of drug-likeness (QED) is 0.210. The first kappa shape index (κ1) is 26.5. The monoisotopic (exact) mass is 577 g/mol. The van der Waals surface area contributed by atoms with Crippen molar-refractivity contribution in [2.75, 3.05) is 0 Å². The van der Waals surface area contributed by atoms with Crippen LogP contribution in [0, 0.1) is 0 Å².